The van der Waals surface area contributed by atoms with Crippen LogP contribution in [0.5, 0.6) is 11.5 Å². The summed E-state index contributed by atoms with van der Waals surface area (Å²) >= 11 is 4.76. The standard InChI is InChI=1S/C26H24BrN5O3S/c1-17(19-11-14-22(34-2)23(15-19)35-3)28-29-24(33)16-36-26-31-30-25(18-9-12-20(27)13-10-18)32(26)21-7-5-4-6-8-21/h4-15H,16H2,1-3H3,(H,29,33). The lowest BCUT2D eigenvalue weighted by molar-refractivity contribution is -0.118. The van der Waals surface area contributed by atoms with Crippen molar-refractivity contribution in [3.63, 3.8) is 0 Å². The maximum absolute atomic E-state index is 12.6. The summed E-state index contributed by atoms with van der Waals surface area (Å²) in [5, 5.41) is 13.6. The Kier molecular flexibility index (Phi) is 8.40. The predicted molar refractivity (Wildman–Crippen MR) is 145 cm³/mol. The number of hydrazone groups is 1. The van der Waals surface area contributed by atoms with Crippen molar-refractivity contribution in [1.82, 2.24) is 20.2 Å². The van der Waals surface area contributed by atoms with Crippen LogP contribution in [0, 0.1) is 0 Å². The van der Waals surface area contributed by atoms with Gasteiger partial charge >= 0.3 is 0 Å². The maximum Gasteiger partial charge on any atom is 0.250 e. The van der Waals surface area contributed by atoms with Crippen LogP contribution in [0.4, 0.5) is 0 Å². The summed E-state index contributed by atoms with van der Waals surface area (Å²) in [5.41, 5.74) is 5.89. The molecular weight excluding hydrogens is 542 g/mol. The number of carbonyl (C=O) groups is 1. The monoisotopic (exact) mass is 565 g/mol. The Morgan fingerprint density at radius 1 is 1.00 bits per heavy atom. The molecule has 184 valence electrons. The summed E-state index contributed by atoms with van der Waals surface area (Å²) < 4.78 is 13.5. The molecule has 1 aromatic heterocycles. The zero-order valence-electron chi connectivity index (χ0n) is 19.9. The van der Waals surface area contributed by atoms with Gasteiger partial charge < -0.3 is 9.47 Å². The van der Waals surface area contributed by atoms with Gasteiger partial charge in [-0.2, -0.15) is 5.10 Å². The van der Waals surface area contributed by atoms with Crippen LogP contribution in [0.15, 0.2) is 87.5 Å². The Labute approximate surface area is 221 Å². The molecule has 0 aliphatic carbocycles. The molecule has 0 bridgehead atoms. The number of nitrogens with one attached hydrogen (secondary N) is 1. The molecule has 3 aromatic carbocycles. The maximum atomic E-state index is 12.6. The highest BCUT2D eigenvalue weighted by molar-refractivity contribution is 9.10. The van der Waals surface area contributed by atoms with Crippen molar-refractivity contribution in [1.29, 1.82) is 0 Å². The zero-order valence-corrected chi connectivity index (χ0v) is 22.3. The van der Waals surface area contributed by atoms with Crippen LogP contribution >= 0.6 is 27.7 Å². The van der Waals surface area contributed by atoms with Crippen LogP contribution in [0.2, 0.25) is 0 Å². The summed E-state index contributed by atoms with van der Waals surface area (Å²) in [6, 6.07) is 23.1. The van der Waals surface area contributed by atoms with Gasteiger partial charge in [0.05, 0.1) is 25.7 Å². The zero-order chi connectivity index (χ0) is 25.5. The van der Waals surface area contributed by atoms with E-state index in [9.17, 15) is 4.79 Å². The molecule has 4 rings (SSSR count). The number of halogens is 1. The van der Waals surface area contributed by atoms with Crippen molar-refractivity contribution >= 4 is 39.3 Å². The van der Waals surface area contributed by atoms with Crippen molar-refractivity contribution in [3.8, 4) is 28.6 Å². The molecule has 1 heterocycles. The topological polar surface area (TPSA) is 90.6 Å². The van der Waals surface area contributed by atoms with Crippen molar-refractivity contribution in [2.75, 3.05) is 20.0 Å². The Morgan fingerprint density at radius 3 is 2.42 bits per heavy atom. The lowest BCUT2D eigenvalue weighted by Gasteiger charge is -2.10. The Balaban J connectivity index is 1.49. The number of benzene rings is 3. The molecule has 36 heavy (non-hydrogen) atoms. The summed E-state index contributed by atoms with van der Waals surface area (Å²) in [6.07, 6.45) is 0. The van der Waals surface area contributed by atoms with E-state index in [0.29, 0.717) is 28.2 Å². The van der Waals surface area contributed by atoms with Crippen molar-refractivity contribution in [2.45, 2.75) is 12.1 Å². The smallest absolute Gasteiger partial charge is 0.250 e. The number of amides is 1. The summed E-state index contributed by atoms with van der Waals surface area (Å²) in [6.45, 7) is 1.81. The normalized spacial score (nSPS) is 11.3. The van der Waals surface area contributed by atoms with Gasteiger partial charge in [0, 0.05) is 21.3 Å². The second-order valence-corrected chi connectivity index (χ2v) is 9.43. The van der Waals surface area contributed by atoms with E-state index < -0.39 is 0 Å². The van der Waals surface area contributed by atoms with Crippen molar-refractivity contribution in [2.24, 2.45) is 5.10 Å². The average Bonchev–Trinajstić information content (AvgIpc) is 3.35. The molecular formula is C26H24BrN5O3S. The number of rotatable bonds is 9. The second kappa shape index (κ2) is 11.9. The summed E-state index contributed by atoms with van der Waals surface area (Å²) in [5.74, 6) is 1.77. The number of para-hydroxylation sites is 1. The number of hydrogen-bond acceptors (Lipinski definition) is 7. The average molecular weight is 566 g/mol. The van der Waals surface area contributed by atoms with Crippen molar-refractivity contribution < 1.29 is 14.3 Å². The molecule has 1 amide bonds. The largest absolute Gasteiger partial charge is 0.493 e. The fourth-order valence-electron chi connectivity index (χ4n) is 3.39. The van der Waals surface area contributed by atoms with Crippen LogP contribution in [-0.2, 0) is 4.79 Å². The second-order valence-electron chi connectivity index (χ2n) is 7.57. The highest BCUT2D eigenvalue weighted by Gasteiger charge is 2.17. The molecule has 0 saturated heterocycles. The summed E-state index contributed by atoms with van der Waals surface area (Å²) in [4.78, 5) is 12.6. The van der Waals surface area contributed by atoms with E-state index in [4.69, 9.17) is 9.47 Å². The first-order chi connectivity index (χ1) is 17.5. The molecule has 0 spiro atoms. The molecule has 0 radical (unpaired) electrons. The third-order valence-corrected chi connectivity index (χ3v) is 6.69. The van der Waals surface area contributed by atoms with Gasteiger partial charge in [-0.15, -0.1) is 10.2 Å². The third-order valence-electron chi connectivity index (χ3n) is 5.23. The molecule has 1 N–H and O–H groups in total. The molecule has 0 aliphatic heterocycles. The Bertz CT molecular complexity index is 1370. The molecule has 0 aliphatic rings. The number of methoxy groups -OCH3 is 2. The number of ether oxygens (including phenoxy) is 2. The van der Waals surface area contributed by atoms with Gasteiger partial charge in [0.1, 0.15) is 0 Å². The van der Waals surface area contributed by atoms with Gasteiger partial charge in [-0.25, -0.2) is 5.43 Å². The number of carbonyl (C=O) groups excluding carboxylic acids is 1. The minimum absolute atomic E-state index is 0.119. The van der Waals surface area contributed by atoms with E-state index in [1.165, 1.54) is 11.8 Å². The van der Waals surface area contributed by atoms with E-state index >= 15 is 0 Å². The number of aromatic nitrogens is 3. The minimum Gasteiger partial charge on any atom is -0.493 e. The minimum atomic E-state index is -0.257. The van der Waals surface area contributed by atoms with E-state index in [2.05, 4.69) is 36.7 Å². The Hall–Kier alpha value is -3.63. The van der Waals surface area contributed by atoms with Gasteiger partial charge in [0.2, 0.25) is 0 Å². The molecule has 0 unspecified atom stereocenters. The van der Waals surface area contributed by atoms with Crippen LogP contribution < -0.4 is 14.9 Å². The van der Waals surface area contributed by atoms with Gasteiger partial charge in [0.15, 0.2) is 22.5 Å². The first-order valence-corrected chi connectivity index (χ1v) is 12.7. The van der Waals surface area contributed by atoms with E-state index in [1.54, 1.807) is 20.3 Å². The Morgan fingerprint density at radius 2 is 1.72 bits per heavy atom. The van der Waals surface area contributed by atoms with Gasteiger partial charge in [-0.3, -0.25) is 9.36 Å². The van der Waals surface area contributed by atoms with Gasteiger partial charge in [-0.1, -0.05) is 58.0 Å². The van der Waals surface area contributed by atoms with Crippen LogP contribution in [0.1, 0.15) is 12.5 Å². The quantitative estimate of drug-likeness (QED) is 0.167. The number of hydrogen-bond donors (Lipinski definition) is 1. The van der Waals surface area contributed by atoms with E-state index in [-0.39, 0.29) is 11.7 Å². The van der Waals surface area contributed by atoms with E-state index in [0.717, 1.165) is 21.3 Å². The fourth-order valence-corrected chi connectivity index (χ4v) is 4.40. The lowest BCUT2D eigenvalue weighted by Crippen LogP contribution is -2.21. The molecule has 0 saturated carbocycles. The number of nitrogens with zero attached hydrogens (tertiary/aromatic N) is 4. The van der Waals surface area contributed by atoms with Gasteiger partial charge in [0.25, 0.3) is 5.91 Å². The number of thioether (sulfide) groups is 1. The van der Waals surface area contributed by atoms with E-state index in [1.807, 2.05) is 78.2 Å². The summed E-state index contributed by atoms with van der Waals surface area (Å²) in [7, 11) is 3.15. The fraction of sp³-hybridized carbons (Fsp3) is 0.154. The van der Waals surface area contributed by atoms with Crippen LogP contribution in [0.25, 0.3) is 17.1 Å². The predicted octanol–water partition coefficient (Wildman–Crippen LogP) is 5.35. The SMILES string of the molecule is COc1ccc(C(C)=NNC(=O)CSc2nnc(-c3ccc(Br)cc3)n2-c2ccccc2)cc1OC. The van der Waals surface area contributed by atoms with Gasteiger partial charge in [-0.05, 0) is 49.4 Å². The van der Waals surface area contributed by atoms with Crippen molar-refractivity contribution in [3.05, 3.63) is 82.8 Å². The third kappa shape index (κ3) is 5.95. The van der Waals surface area contributed by atoms with Crippen LogP contribution in [-0.4, -0.2) is 46.4 Å². The van der Waals surface area contributed by atoms with Crippen LogP contribution in [0.3, 0.4) is 0 Å². The highest BCUT2D eigenvalue weighted by atomic mass is 79.9. The molecule has 8 nitrogen and oxygen atoms in total. The molecule has 0 fully saturated rings. The molecule has 0 atom stereocenters. The first-order valence-electron chi connectivity index (χ1n) is 10.9. The lowest BCUT2D eigenvalue weighted by atomic mass is 10.1. The highest BCUT2D eigenvalue weighted by Crippen LogP contribution is 2.29. The molecule has 10 heteroatoms. The molecule has 4 aromatic rings. The first kappa shape index (κ1) is 25.5.